The average Bonchev–Trinajstić information content (AvgIpc) is 2.92. The third-order valence-corrected chi connectivity index (χ3v) is 6.21. The van der Waals surface area contributed by atoms with Crippen LogP contribution in [-0.2, 0) is 0 Å². The molecule has 0 heterocycles. The van der Waals surface area contributed by atoms with Gasteiger partial charge in [-0.25, -0.2) is 0 Å². The number of hydrogen-bond donors (Lipinski definition) is 0. The molecule has 2 nitrogen and oxygen atoms in total. The summed E-state index contributed by atoms with van der Waals surface area (Å²) in [5, 5.41) is 14.1. The predicted molar refractivity (Wildman–Crippen MR) is 143 cm³/mol. The van der Waals surface area contributed by atoms with Gasteiger partial charge in [0.1, 0.15) is 0 Å². The van der Waals surface area contributed by atoms with Crippen molar-refractivity contribution in [3.05, 3.63) is 133 Å². The topological polar surface area (TPSA) is 24.7 Å². The molecule has 34 heavy (non-hydrogen) atoms. The molecule has 0 amide bonds. The quantitative estimate of drug-likeness (QED) is 0.247. The van der Waals surface area contributed by atoms with E-state index in [4.69, 9.17) is 0 Å². The van der Waals surface area contributed by atoms with Gasteiger partial charge in [0.05, 0.1) is 11.4 Å². The minimum atomic E-state index is 0.838. The number of azo groups is 1. The summed E-state index contributed by atoms with van der Waals surface area (Å²) >= 11 is 0. The molecule has 0 aliphatic heterocycles. The van der Waals surface area contributed by atoms with Crippen LogP contribution in [0.3, 0.4) is 0 Å². The molecule has 0 unspecified atom stereocenters. The molecule has 2 heteroatoms. The zero-order valence-electron chi connectivity index (χ0n) is 18.6. The summed E-state index contributed by atoms with van der Waals surface area (Å²) in [6.45, 7) is 0. The van der Waals surface area contributed by atoms with Gasteiger partial charge in [-0.1, -0.05) is 115 Å². The van der Waals surface area contributed by atoms with E-state index in [0.29, 0.717) is 0 Å². The van der Waals surface area contributed by atoms with Gasteiger partial charge in [0.25, 0.3) is 0 Å². The lowest BCUT2D eigenvalue weighted by molar-refractivity contribution is 1.23. The molecule has 0 atom stereocenters. The third kappa shape index (κ3) is 3.66. The van der Waals surface area contributed by atoms with Gasteiger partial charge in [-0.05, 0) is 56.4 Å². The first-order valence-corrected chi connectivity index (χ1v) is 11.4. The zero-order chi connectivity index (χ0) is 22.7. The molecule has 0 saturated carbocycles. The van der Waals surface area contributed by atoms with Crippen LogP contribution < -0.4 is 0 Å². The van der Waals surface area contributed by atoms with Gasteiger partial charge >= 0.3 is 0 Å². The van der Waals surface area contributed by atoms with Crippen molar-refractivity contribution >= 4 is 32.9 Å². The average molecular weight is 435 g/mol. The first kappa shape index (κ1) is 20.1. The standard InChI is InChI=1S/C32H22N2/c1-2-14-25(15-3-1)33-34-31-20-9-8-18-28(31)30-22-21-24-12-5-7-17-27(24)32(30)29-19-10-13-23-11-4-6-16-26(23)29/h1-22H. The summed E-state index contributed by atoms with van der Waals surface area (Å²) in [6.07, 6.45) is 0. The Kier molecular flexibility index (Phi) is 5.17. The molecule has 0 aromatic heterocycles. The van der Waals surface area contributed by atoms with E-state index < -0.39 is 0 Å². The van der Waals surface area contributed by atoms with Crippen molar-refractivity contribution in [2.45, 2.75) is 0 Å². The summed E-state index contributed by atoms with van der Waals surface area (Å²) in [5.74, 6) is 0. The largest absolute Gasteiger partial charge is 0.151 e. The monoisotopic (exact) mass is 434 g/mol. The maximum absolute atomic E-state index is 4.65. The molecule has 0 saturated heterocycles. The van der Waals surface area contributed by atoms with E-state index in [1.54, 1.807) is 0 Å². The minimum Gasteiger partial charge on any atom is -0.151 e. The SMILES string of the molecule is c1ccc(N=Nc2ccccc2-c2ccc3ccccc3c2-c2cccc3ccccc23)cc1. The zero-order valence-corrected chi connectivity index (χ0v) is 18.6. The van der Waals surface area contributed by atoms with Gasteiger partial charge in [-0.3, -0.25) is 0 Å². The van der Waals surface area contributed by atoms with Gasteiger partial charge in [-0.15, -0.1) is 5.11 Å². The fourth-order valence-electron chi connectivity index (χ4n) is 4.62. The van der Waals surface area contributed by atoms with Crippen molar-refractivity contribution in [2.24, 2.45) is 10.2 Å². The number of nitrogens with zero attached hydrogens (tertiary/aromatic N) is 2. The van der Waals surface area contributed by atoms with E-state index in [9.17, 15) is 0 Å². The van der Waals surface area contributed by atoms with Crippen LogP contribution in [0.25, 0.3) is 43.8 Å². The van der Waals surface area contributed by atoms with Crippen molar-refractivity contribution in [1.29, 1.82) is 0 Å². The number of hydrogen-bond acceptors (Lipinski definition) is 2. The lowest BCUT2D eigenvalue weighted by Gasteiger charge is -2.17. The molecule has 0 aliphatic rings. The summed E-state index contributed by atoms with van der Waals surface area (Å²) in [4.78, 5) is 0. The van der Waals surface area contributed by atoms with Crippen molar-refractivity contribution in [3.63, 3.8) is 0 Å². The minimum absolute atomic E-state index is 0.838. The van der Waals surface area contributed by atoms with Crippen molar-refractivity contribution in [1.82, 2.24) is 0 Å². The second kappa shape index (κ2) is 8.76. The highest BCUT2D eigenvalue weighted by atomic mass is 15.1. The molecule has 0 fully saturated rings. The number of fused-ring (bicyclic) bond motifs is 2. The highest BCUT2D eigenvalue weighted by Crippen LogP contribution is 2.43. The highest BCUT2D eigenvalue weighted by Gasteiger charge is 2.16. The van der Waals surface area contributed by atoms with Gasteiger partial charge in [-0.2, -0.15) is 5.11 Å². The van der Waals surface area contributed by atoms with Crippen LogP contribution >= 0.6 is 0 Å². The lowest BCUT2D eigenvalue weighted by atomic mass is 9.87. The fraction of sp³-hybridized carbons (Fsp3) is 0. The van der Waals surface area contributed by atoms with E-state index in [1.807, 2.05) is 42.5 Å². The van der Waals surface area contributed by atoms with Crippen LogP contribution in [0.4, 0.5) is 11.4 Å². The second-order valence-electron chi connectivity index (χ2n) is 8.29. The maximum Gasteiger partial charge on any atom is 0.0935 e. The lowest BCUT2D eigenvalue weighted by Crippen LogP contribution is -1.90. The van der Waals surface area contributed by atoms with E-state index in [-0.39, 0.29) is 0 Å². The number of rotatable bonds is 4. The van der Waals surface area contributed by atoms with Gasteiger partial charge in [0, 0.05) is 5.56 Å². The molecular formula is C32H22N2. The molecule has 160 valence electrons. The first-order chi connectivity index (χ1) is 16.9. The summed E-state index contributed by atoms with van der Waals surface area (Å²) < 4.78 is 0. The van der Waals surface area contributed by atoms with Crippen LogP contribution in [-0.4, -0.2) is 0 Å². The van der Waals surface area contributed by atoms with E-state index >= 15 is 0 Å². The Morgan fingerprint density at radius 2 is 0.971 bits per heavy atom. The molecule has 0 N–H and O–H groups in total. The molecule has 6 aromatic rings. The van der Waals surface area contributed by atoms with Gasteiger partial charge in [0.2, 0.25) is 0 Å². The molecular weight excluding hydrogens is 412 g/mol. The van der Waals surface area contributed by atoms with E-state index in [2.05, 4.69) is 101 Å². The molecule has 6 rings (SSSR count). The molecule has 0 aliphatic carbocycles. The summed E-state index contributed by atoms with van der Waals surface area (Å²) in [6, 6.07) is 46.2. The predicted octanol–water partition coefficient (Wildman–Crippen LogP) is 9.74. The van der Waals surface area contributed by atoms with Crippen LogP contribution in [0, 0.1) is 0 Å². The Morgan fingerprint density at radius 1 is 0.353 bits per heavy atom. The molecule has 6 aromatic carbocycles. The Hall–Kier alpha value is -4.56. The molecule has 0 radical (unpaired) electrons. The maximum atomic E-state index is 4.65. The Morgan fingerprint density at radius 3 is 1.82 bits per heavy atom. The van der Waals surface area contributed by atoms with Gasteiger partial charge in [0.15, 0.2) is 0 Å². The van der Waals surface area contributed by atoms with E-state index in [1.165, 1.54) is 32.7 Å². The van der Waals surface area contributed by atoms with Crippen LogP contribution in [0.2, 0.25) is 0 Å². The first-order valence-electron chi connectivity index (χ1n) is 11.4. The highest BCUT2D eigenvalue weighted by molar-refractivity contribution is 6.11. The Bertz CT molecular complexity index is 1640. The summed E-state index contributed by atoms with van der Waals surface area (Å²) in [7, 11) is 0. The molecule has 0 bridgehead atoms. The smallest absolute Gasteiger partial charge is 0.0935 e. The fourth-order valence-corrected chi connectivity index (χ4v) is 4.62. The van der Waals surface area contributed by atoms with E-state index in [0.717, 1.165) is 22.5 Å². The van der Waals surface area contributed by atoms with Crippen LogP contribution in [0.1, 0.15) is 0 Å². The van der Waals surface area contributed by atoms with Crippen molar-refractivity contribution in [3.8, 4) is 22.3 Å². The normalized spacial score (nSPS) is 11.4. The van der Waals surface area contributed by atoms with Crippen molar-refractivity contribution in [2.75, 3.05) is 0 Å². The Balaban J connectivity index is 1.63. The number of benzene rings is 6. The van der Waals surface area contributed by atoms with Crippen LogP contribution in [0.15, 0.2) is 144 Å². The molecule has 0 spiro atoms. The summed E-state index contributed by atoms with van der Waals surface area (Å²) in [5.41, 5.74) is 6.35. The van der Waals surface area contributed by atoms with Crippen molar-refractivity contribution < 1.29 is 0 Å². The third-order valence-electron chi connectivity index (χ3n) is 6.21. The Labute approximate surface area is 198 Å². The second-order valence-corrected chi connectivity index (χ2v) is 8.29. The van der Waals surface area contributed by atoms with Crippen LogP contribution in [0.5, 0.6) is 0 Å². The van der Waals surface area contributed by atoms with Gasteiger partial charge < -0.3 is 0 Å².